The van der Waals surface area contributed by atoms with Crippen molar-refractivity contribution in [2.24, 2.45) is 0 Å². The summed E-state index contributed by atoms with van der Waals surface area (Å²) >= 11 is 0. The fourth-order valence-corrected chi connectivity index (χ4v) is 3.35. The van der Waals surface area contributed by atoms with Crippen molar-refractivity contribution >= 4 is 16.9 Å². The van der Waals surface area contributed by atoms with Gasteiger partial charge in [-0.25, -0.2) is 0 Å². The monoisotopic (exact) mass is 413 g/mol. The molecule has 31 heavy (non-hydrogen) atoms. The van der Waals surface area contributed by atoms with E-state index >= 15 is 0 Å². The second kappa shape index (κ2) is 8.11. The summed E-state index contributed by atoms with van der Waals surface area (Å²) in [6.07, 6.45) is 0. The summed E-state index contributed by atoms with van der Waals surface area (Å²) in [5.74, 6) is -0.745. The van der Waals surface area contributed by atoms with Gasteiger partial charge in [0, 0.05) is 5.56 Å². The summed E-state index contributed by atoms with van der Waals surface area (Å²) in [5, 5.41) is 11.4. The van der Waals surface area contributed by atoms with E-state index in [-0.39, 0.29) is 23.3 Å². The van der Waals surface area contributed by atoms with E-state index < -0.39 is 5.97 Å². The Hall–Kier alpha value is -3.86. The van der Waals surface area contributed by atoms with Crippen molar-refractivity contribution in [3.05, 3.63) is 98.7 Å². The van der Waals surface area contributed by atoms with Crippen LogP contribution in [0.5, 0.6) is 5.75 Å². The van der Waals surface area contributed by atoms with Gasteiger partial charge in [0.15, 0.2) is 5.76 Å². The molecule has 0 N–H and O–H groups in total. The number of carbonyl (C=O) groups excluding carboxylic acids is 1. The highest BCUT2D eigenvalue weighted by atomic mass is 16.5. The molecule has 0 aliphatic rings. The quantitative estimate of drug-likeness (QED) is 0.487. The van der Waals surface area contributed by atoms with Crippen LogP contribution in [-0.2, 0) is 6.61 Å². The van der Waals surface area contributed by atoms with Crippen molar-refractivity contribution in [3.8, 4) is 17.1 Å². The highest BCUT2D eigenvalue weighted by Gasteiger charge is 2.18. The third-order valence-corrected chi connectivity index (χ3v) is 5.35. The van der Waals surface area contributed by atoms with Crippen molar-refractivity contribution in [1.82, 2.24) is 0 Å². The largest absolute Gasteiger partial charge is 0.545 e. The van der Waals surface area contributed by atoms with Crippen LogP contribution in [0.3, 0.4) is 0 Å². The standard InChI is InChI=1S/C26H22O5/c1-15-4-8-19(9-5-15)24-25(30-14-18-6-10-20(11-7-18)26(28)29)23(27)21-12-16(2)17(3)13-22(21)31-24/h4-13H,14H2,1-3H3,(H,28,29)/p-1. The average molecular weight is 413 g/mol. The van der Waals surface area contributed by atoms with Gasteiger partial charge in [0.1, 0.15) is 12.2 Å². The van der Waals surface area contributed by atoms with Crippen LogP contribution < -0.4 is 15.3 Å². The molecule has 1 heterocycles. The molecule has 5 nitrogen and oxygen atoms in total. The Bertz CT molecular complexity index is 1330. The van der Waals surface area contributed by atoms with Crippen LogP contribution in [0.4, 0.5) is 0 Å². The molecule has 0 unspecified atom stereocenters. The summed E-state index contributed by atoms with van der Waals surface area (Å²) in [6, 6.07) is 17.5. The van der Waals surface area contributed by atoms with E-state index in [0.717, 1.165) is 27.8 Å². The van der Waals surface area contributed by atoms with E-state index in [2.05, 4.69) is 0 Å². The van der Waals surface area contributed by atoms with Crippen molar-refractivity contribution < 1.29 is 19.1 Å². The first-order chi connectivity index (χ1) is 14.8. The Labute approximate surface area is 179 Å². The van der Waals surface area contributed by atoms with Crippen LogP contribution in [0, 0.1) is 20.8 Å². The van der Waals surface area contributed by atoms with E-state index in [1.54, 1.807) is 12.1 Å². The van der Waals surface area contributed by atoms with Crippen LogP contribution in [0.25, 0.3) is 22.3 Å². The van der Waals surface area contributed by atoms with Gasteiger partial charge in [-0.2, -0.15) is 0 Å². The fraction of sp³-hybridized carbons (Fsp3) is 0.154. The topological polar surface area (TPSA) is 79.6 Å². The second-order valence-corrected chi connectivity index (χ2v) is 7.66. The number of carboxylic acids is 1. The van der Waals surface area contributed by atoms with Gasteiger partial charge in [0.2, 0.25) is 11.2 Å². The smallest absolute Gasteiger partial charge is 0.235 e. The first-order valence-corrected chi connectivity index (χ1v) is 9.91. The summed E-state index contributed by atoms with van der Waals surface area (Å²) in [4.78, 5) is 24.3. The van der Waals surface area contributed by atoms with Gasteiger partial charge in [-0.05, 0) is 55.2 Å². The van der Waals surface area contributed by atoms with Crippen LogP contribution in [0.1, 0.15) is 32.6 Å². The number of aryl methyl sites for hydroxylation is 3. The molecular weight excluding hydrogens is 392 g/mol. The van der Waals surface area contributed by atoms with Crippen molar-refractivity contribution in [2.75, 3.05) is 0 Å². The molecule has 0 saturated heterocycles. The normalized spacial score (nSPS) is 10.9. The number of benzene rings is 3. The Morgan fingerprint density at radius 2 is 1.58 bits per heavy atom. The lowest BCUT2D eigenvalue weighted by Gasteiger charge is -2.13. The van der Waals surface area contributed by atoms with Crippen molar-refractivity contribution in [1.29, 1.82) is 0 Å². The molecule has 0 aliphatic carbocycles. The number of hydrogen-bond donors (Lipinski definition) is 0. The minimum absolute atomic E-state index is 0.0835. The lowest BCUT2D eigenvalue weighted by atomic mass is 10.0. The van der Waals surface area contributed by atoms with Gasteiger partial charge >= 0.3 is 0 Å². The number of carboxylic acid groups (broad SMARTS) is 1. The Morgan fingerprint density at radius 1 is 0.935 bits per heavy atom. The molecule has 4 aromatic rings. The molecule has 0 fully saturated rings. The average Bonchev–Trinajstić information content (AvgIpc) is 2.75. The third kappa shape index (κ3) is 4.08. The van der Waals surface area contributed by atoms with Gasteiger partial charge < -0.3 is 19.1 Å². The van der Waals surface area contributed by atoms with Crippen molar-refractivity contribution in [2.45, 2.75) is 27.4 Å². The molecule has 5 heteroatoms. The van der Waals surface area contributed by atoms with Crippen molar-refractivity contribution in [3.63, 3.8) is 0 Å². The van der Waals surface area contributed by atoms with E-state index in [1.165, 1.54) is 12.1 Å². The maximum Gasteiger partial charge on any atom is 0.235 e. The highest BCUT2D eigenvalue weighted by molar-refractivity contribution is 5.85. The molecule has 156 valence electrons. The number of fused-ring (bicyclic) bond motifs is 1. The van der Waals surface area contributed by atoms with E-state index in [9.17, 15) is 14.7 Å². The molecule has 0 saturated carbocycles. The summed E-state index contributed by atoms with van der Waals surface area (Å²) in [5.41, 5.74) is 4.93. The maximum absolute atomic E-state index is 13.3. The van der Waals surface area contributed by atoms with E-state index in [4.69, 9.17) is 9.15 Å². The van der Waals surface area contributed by atoms with E-state index in [1.807, 2.05) is 57.2 Å². The minimum Gasteiger partial charge on any atom is -0.545 e. The molecule has 4 rings (SSSR count). The highest BCUT2D eigenvalue weighted by Crippen LogP contribution is 2.32. The molecule has 0 aliphatic heterocycles. The first-order valence-electron chi connectivity index (χ1n) is 9.91. The van der Waals surface area contributed by atoms with Crippen LogP contribution >= 0.6 is 0 Å². The zero-order valence-electron chi connectivity index (χ0n) is 17.5. The fourth-order valence-electron chi connectivity index (χ4n) is 3.35. The summed E-state index contributed by atoms with van der Waals surface area (Å²) < 4.78 is 12.1. The lowest BCUT2D eigenvalue weighted by Crippen LogP contribution is -2.22. The van der Waals surface area contributed by atoms with Gasteiger partial charge in [-0.15, -0.1) is 0 Å². The predicted octanol–water partition coefficient (Wildman–Crippen LogP) is 4.33. The Balaban J connectivity index is 1.81. The molecule has 0 amide bonds. The SMILES string of the molecule is Cc1ccc(-c2oc3cc(C)c(C)cc3c(=O)c2OCc2ccc(C(=O)[O-])cc2)cc1. The second-order valence-electron chi connectivity index (χ2n) is 7.66. The maximum atomic E-state index is 13.3. The Morgan fingerprint density at radius 3 is 2.23 bits per heavy atom. The lowest BCUT2D eigenvalue weighted by molar-refractivity contribution is -0.255. The van der Waals surface area contributed by atoms with Crippen LogP contribution in [-0.4, -0.2) is 5.97 Å². The van der Waals surface area contributed by atoms with Gasteiger partial charge in [0.05, 0.1) is 11.4 Å². The molecule has 3 aromatic carbocycles. The third-order valence-electron chi connectivity index (χ3n) is 5.35. The summed E-state index contributed by atoms with van der Waals surface area (Å²) in [7, 11) is 0. The number of ether oxygens (including phenoxy) is 1. The molecule has 1 aromatic heterocycles. The Kier molecular flexibility index (Phi) is 5.34. The first kappa shape index (κ1) is 20.4. The summed E-state index contributed by atoms with van der Waals surface area (Å²) in [6.45, 7) is 6.00. The molecule has 0 spiro atoms. The minimum atomic E-state index is -1.24. The number of carbonyl (C=O) groups is 1. The molecular formula is C26H21O5-. The number of aromatic carboxylic acids is 1. The zero-order chi connectivity index (χ0) is 22.1. The predicted molar refractivity (Wildman–Crippen MR) is 117 cm³/mol. The van der Waals surface area contributed by atoms with Crippen LogP contribution in [0.15, 0.2) is 69.9 Å². The van der Waals surface area contributed by atoms with Gasteiger partial charge in [-0.1, -0.05) is 54.1 Å². The van der Waals surface area contributed by atoms with Gasteiger partial charge in [-0.3, -0.25) is 4.79 Å². The molecule has 0 atom stereocenters. The molecule has 0 radical (unpaired) electrons. The van der Waals surface area contributed by atoms with Crippen LogP contribution in [0.2, 0.25) is 0 Å². The van der Waals surface area contributed by atoms with E-state index in [0.29, 0.717) is 16.7 Å². The zero-order valence-corrected chi connectivity index (χ0v) is 17.5. The van der Waals surface area contributed by atoms with Gasteiger partial charge in [0.25, 0.3) is 0 Å². The molecule has 0 bridgehead atoms. The number of hydrogen-bond acceptors (Lipinski definition) is 5. The number of rotatable bonds is 5.